The minimum atomic E-state index is -0.928. The normalized spacial score (nSPS) is 13.1. The van der Waals surface area contributed by atoms with E-state index in [4.69, 9.17) is 14.2 Å². The smallest absolute Gasteiger partial charge is 0.341 e. The SMILES string of the molecule is CCCOc1ccc(NC(=O)[C@](C)(CC)OC)cc1C(=O)OC. The minimum Gasteiger partial charge on any atom is -0.493 e. The molecule has 23 heavy (non-hydrogen) atoms. The van der Waals surface area contributed by atoms with Gasteiger partial charge in [-0.2, -0.15) is 0 Å². The molecule has 0 aromatic heterocycles. The highest BCUT2D eigenvalue weighted by Crippen LogP contribution is 2.25. The van der Waals surface area contributed by atoms with E-state index >= 15 is 0 Å². The number of nitrogens with one attached hydrogen (secondary N) is 1. The fourth-order valence-corrected chi connectivity index (χ4v) is 1.88. The number of methoxy groups -OCH3 is 2. The second-order valence-corrected chi connectivity index (χ2v) is 5.29. The number of carbonyl (C=O) groups is 2. The molecule has 0 saturated heterocycles. The average Bonchev–Trinajstić information content (AvgIpc) is 2.58. The van der Waals surface area contributed by atoms with Gasteiger partial charge in [-0.3, -0.25) is 4.79 Å². The molecule has 128 valence electrons. The minimum absolute atomic E-state index is 0.273. The Kier molecular flexibility index (Phi) is 7.03. The largest absolute Gasteiger partial charge is 0.493 e. The van der Waals surface area contributed by atoms with Crippen LogP contribution in [0.2, 0.25) is 0 Å². The molecule has 6 heteroatoms. The third kappa shape index (κ3) is 4.69. The number of ether oxygens (including phenoxy) is 3. The first-order chi connectivity index (χ1) is 10.9. The van der Waals surface area contributed by atoms with Crippen molar-refractivity contribution >= 4 is 17.6 Å². The summed E-state index contributed by atoms with van der Waals surface area (Å²) in [6.07, 6.45) is 1.35. The lowest BCUT2D eigenvalue weighted by atomic mass is 10.0. The van der Waals surface area contributed by atoms with E-state index in [9.17, 15) is 9.59 Å². The number of rotatable bonds is 8. The maximum absolute atomic E-state index is 12.3. The Bertz CT molecular complexity index is 552. The van der Waals surface area contributed by atoms with Crippen LogP contribution in [0.15, 0.2) is 18.2 Å². The van der Waals surface area contributed by atoms with E-state index in [1.807, 2.05) is 13.8 Å². The fraction of sp³-hybridized carbons (Fsp3) is 0.529. The highest BCUT2D eigenvalue weighted by Gasteiger charge is 2.31. The molecule has 0 bridgehead atoms. The lowest BCUT2D eigenvalue weighted by molar-refractivity contribution is -0.136. The molecule has 1 aromatic rings. The maximum Gasteiger partial charge on any atom is 0.341 e. The van der Waals surface area contributed by atoms with Gasteiger partial charge in [0.15, 0.2) is 0 Å². The summed E-state index contributed by atoms with van der Waals surface area (Å²) in [6, 6.07) is 4.87. The molecule has 0 fully saturated rings. The van der Waals surface area contributed by atoms with Crippen molar-refractivity contribution in [2.45, 2.75) is 39.2 Å². The topological polar surface area (TPSA) is 73.9 Å². The van der Waals surface area contributed by atoms with Gasteiger partial charge in [-0.15, -0.1) is 0 Å². The second kappa shape index (κ2) is 8.53. The third-order valence-corrected chi connectivity index (χ3v) is 3.71. The molecule has 1 atom stereocenters. The van der Waals surface area contributed by atoms with Crippen LogP contribution in [-0.2, 0) is 14.3 Å². The molecule has 1 rings (SSSR count). The van der Waals surface area contributed by atoms with E-state index in [1.165, 1.54) is 14.2 Å². The van der Waals surface area contributed by atoms with Gasteiger partial charge < -0.3 is 19.5 Å². The van der Waals surface area contributed by atoms with Gasteiger partial charge in [0, 0.05) is 12.8 Å². The molecule has 0 spiro atoms. The van der Waals surface area contributed by atoms with E-state index in [-0.39, 0.29) is 11.5 Å². The molecule has 0 aliphatic heterocycles. The molecule has 0 heterocycles. The standard InChI is InChI=1S/C17H25NO5/c1-6-10-23-14-9-8-12(11-13(14)15(19)21-4)18-16(20)17(3,7-2)22-5/h8-9,11H,6-7,10H2,1-5H3,(H,18,20)/t17-/m0/s1. The zero-order chi connectivity index (χ0) is 17.5. The molecule has 1 amide bonds. The van der Waals surface area contributed by atoms with Crippen molar-refractivity contribution in [2.75, 3.05) is 26.1 Å². The van der Waals surface area contributed by atoms with E-state index in [0.717, 1.165) is 6.42 Å². The van der Waals surface area contributed by atoms with E-state index in [2.05, 4.69) is 5.32 Å². The van der Waals surface area contributed by atoms with Crippen LogP contribution >= 0.6 is 0 Å². The van der Waals surface area contributed by atoms with Crippen molar-refractivity contribution in [3.63, 3.8) is 0 Å². The van der Waals surface area contributed by atoms with Crippen LogP contribution in [0.3, 0.4) is 0 Å². The van der Waals surface area contributed by atoms with Gasteiger partial charge in [-0.1, -0.05) is 13.8 Å². The molecular weight excluding hydrogens is 298 g/mol. The van der Waals surface area contributed by atoms with Crippen molar-refractivity contribution in [1.29, 1.82) is 0 Å². The summed E-state index contributed by atoms with van der Waals surface area (Å²) in [7, 11) is 2.79. The molecular formula is C17H25NO5. The Hall–Kier alpha value is -2.08. The number of hydrogen-bond donors (Lipinski definition) is 1. The summed E-state index contributed by atoms with van der Waals surface area (Å²) in [5.74, 6) is -0.362. The van der Waals surface area contributed by atoms with E-state index in [1.54, 1.807) is 25.1 Å². The monoisotopic (exact) mass is 323 g/mol. The van der Waals surface area contributed by atoms with Gasteiger partial charge >= 0.3 is 5.97 Å². The van der Waals surface area contributed by atoms with Gasteiger partial charge in [-0.25, -0.2) is 4.79 Å². The summed E-state index contributed by atoms with van der Waals surface area (Å²) in [6.45, 7) is 6.04. The Labute approximate surface area is 137 Å². The van der Waals surface area contributed by atoms with Crippen molar-refractivity contribution in [1.82, 2.24) is 0 Å². The number of benzene rings is 1. The lowest BCUT2D eigenvalue weighted by Gasteiger charge is -2.25. The first kappa shape index (κ1) is 19.0. The molecule has 1 N–H and O–H groups in total. The van der Waals surface area contributed by atoms with Crippen LogP contribution in [0.1, 0.15) is 44.0 Å². The maximum atomic E-state index is 12.3. The average molecular weight is 323 g/mol. The van der Waals surface area contributed by atoms with Crippen LogP contribution < -0.4 is 10.1 Å². The molecule has 0 unspecified atom stereocenters. The van der Waals surface area contributed by atoms with Gasteiger partial charge in [0.05, 0.1) is 13.7 Å². The molecule has 0 radical (unpaired) electrons. The van der Waals surface area contributed by atoms with Gasteiger partial charge in [0.25, 0.3) is 5.91 Å². The van der Waals surface area contributed by atoms with Crippen LogP contribution in [0.25, 0.3) is 0 Å². The number of carbonyl (C=O) groups excluding carboxylic acids is 2. The number of anilines is 1. The summed E-state index contributed by atoms with van der Waals surface area (Å²) in [5.41, 5.74) is -0.173. The Morgan fingerprint density at radius 2 is 1.91 bits per heavy atom. The van der Waals surface area contributed by atoms with Crippen molar-refractivity contribution in [3.05, 3.63) is 23.8 Å². The quantitative estimate of drug-likeness (QED) is 0.744. The third-order valence-electron chi connectivity index (χ3n) is 3.71. The number of esters is 1. The van der Waals surface area contributed by atoms with Crippen LogP contribution in [0.5, 0.6) is 5.75 Å². The Balaban J connectivity index is 3.05. The van der Waals surface area contributed by atoms with Gasteiger partial charge in [0.1, 0.15) is 16.9 Å². The van der Waals surface area contributed by atoms with Crippen molar-refractivity contribution in [2.24, 2.45) is 0 Å². The van der Waals surface area contributed by atoms with Gasteiger partial charge in [0.2, 0.25) is 0 Å². The van der Waals surface area contributed by atoms with Gasteiger partial charge in [-0.05, 0) is 38.0 Å². The van der Waals surface area contributed by atoms with Crippen LogP contribution in [-0.4, -0.2) is 38.3 Å². The van der Waals surface area contributed by atoms with E-state index < -0.39 is 11.6 Å². The van der Waals surface area contributed by atoms with Crippen molar-refractivity contribution in [3.8, 4) is 5.75 Å². The summed E-state index contributed by atoms with van der Waals surface area (Å²) in [5, 5.41) is 2.76. The lowest BCUT2D eigenvalue weighted by Crippen LogP contribution is -2.41. The molecule has 0 aliphatic carbocycles. The molecule has 0 aliphatic rings. The predicted molar refractivity (Wildman–Crippen MR) is 87.9 cm³/mol. The first-order valence-corrected chi connectivity index (χ1v) is 7.63. The molecule has 0 saturated carbocycles. The molecule has 1 aromatic carbocycles. The summed E-state index contributed by atoms with van der Waals surface area (Å²) in [4.78, 5) is 24.2. The fourth-order valence-electron chi connectivity index (χ4n) is 1.88. The highest BCUT2D eigenvalue weighted by atomic mass is 16.5. The van der Waals surface area contributed by atoms with Crippen LogP contribution in [0, 0.1) is 0 Å². The summed E-state index contributed by atoms with van der Waals surface area (Å²) >= 11 is 0. The highest BCUT2D eigenvalue weighted by molar-refractivity contribution is 5.99. The predicted octanol–water partition coefficient (Wildman–Crippen LogP) is 3.02. The van der Waals surface area contributed by atoms with E-state index in [0.29, 0.717) is 24.5 Å². The zero-order valence-electron chi connectivity index (χ0n) is 14.4. The van der Waals surface area contributed by atoms with Crippen LogP contribution in [0.4, 0.5) is 5.69 Å². The number of amides is 1. The molecule has 6 nitrogen and oxygen atoms in total. The van der Waals surface area contributed by atoms with Crippen molar-refractivity contribution < 1.29 is 23.8 Å². The zero-order valence-corrected chi connectivity index (χ0v) is 14.4. The summed E-state index contributed by atoms with van der Waals surface area (Å²) < 4.78 is 15.6. The second-order valence-electron chi connectivity index (χ2n) is 5.29. The Morgan fingerprint density at radius 1 is 1.22 bits per heavy atom. The number of hydrogen-bond acceptors (Lipinski definition) is 5. The first-order valence-electron chi connectivity index (χ1n) is 7.63. The Morgan fingerprint density at radius 3 is 2.43 bits per heavy atom.